The van der Waals surface area contributed by atoms with Crippen LogP contribution in [-0.4, -0.2) is 23.6 Å². The number of nitrogens with one attached hydrogen (secondary N) is 1. The van der Waals surface area contributed by atoms with Crippen molar-refractivity contribution in [2.75, 3.05) is 19.0 Å². The first-order chi connectivity index (χ1) is 10.0. The SMILES string of the molecule is COc1cc(NCCc2csc(C)n2)c(F)cc1[N+](=O)[O-]. The third-order valence-corrected chi connectivity index (χ3v) is 3.65. The lowest BCUT2D eigenvalue weighted by Crippen LogP contribution is -2.07. The predicted octanol–water partition coefficient (Wildman–Crippen LogP) is 3.16. The second kappa shape index (κ2) is 6.49. The van der Waals surface area contributed by atoms with Crippen molar-refractivity contribution in [3.63, 3.8) is 0 Å². The first-order valence-electron chi connectivity index (χ1n) is 6.18. The summed E-state index contributed by atoms with van der Waals surface area (Å²) in [6.07, 6.45) is 0.642. The van der Waals surface area contributed by atoms with Gasteiger partial charge in [0, 0.05) is 24.4 Å². The van der Waals surface area contributed by atoms with E-state index < -0.39 is 16.4 Å². The van der Waals surface area contributed by atoms with E-state index in [-0.39, 0.29) is 11.4 Å². The number of hydrogen-bond donors (Lipinski definition) is 1. The number of thiazole rings is 1. The van der Waals surface area contributed by atoms with Gasteiger partial charge in [-0.1, -0.05) is 0 Å². The fourth-order valence-electron chi connectivity index (χ4n) is 1.83. The van der Waals surface area contributed by atoms with Crippen molar-refractivity contribution in [2.45, 2.75) is 13.3 Å². The van der Waals surface area contributed by atoms with Crippen LogP contribution >= 0.6 is 11.3 Å². The molecule has 0 saturated heterocycles. The van der Waals surface area contributed by atoms with Gasteiger partial charge in [0.1, 0.15) is 0 Å². The lowest BCUT2D eigenvalue weighted by molar-refractivity contribution is -0.385. The summed E-state index contributed by atoms with van der Waals surface area (Å²) in [5.41, 5.74) is 0.708. The van der Waals surface area contributed by atoms with Gasteiger partial charge in [0.25, 0.3) is 0 Å². The largest absolute Gasteiger partial charge is 0.490 e. The van der Waals surface area contributed by atoms with Crippen molar-refractivity contribution in [3.05, 3.63) is 44.1 Å². The number of nitro benzene ring substituents is 1. The number of hydrogen-bond acceptors (Lipinski definition) is 6. The first kappa shape index (κ1) is 15.2. The van der Waals surface area contributed by atoms with Gasteiger partial charge >= 0.3 is 5.69 Å². The third-order valence-electron chi connectivity index (χ3n) is 2.83. The van der Waals surface area contributed by atoms with Crippen LogP contribution in [0.25, 0.3) is 0 Å². The number of aryl methyl sites for hydroxylation is 1. The van der Waals surface area contributed by atoms with Gasteiger partial charge in [-0.25, -0.2) is 9.37 Å². The van der Waals surface area contributed by atoms with E-state index in [0.717, 1.165) is 16.8 Å². The molecule has 0 amide bonds. The molecule has 6 nitrogen and oxygen atoms in total. The van der Waals surface area contributed by atoms with Gasteiger partial charge in [0.2, 0.25) is 0 Å². The first-order valence-corrected chi connectivity index (χ1v) is 7.06. The zero-order valence-corrected chi connectivity index (χ0v) is 12.4. The van der Waals surface area contributed by atoms with Gasteiger partial charge in [-0.2, -0.15) is 0 Å². The number of rotatable bonds is 6. The molecule has 21 heavy (non-hydrogen) atoms. The number of nitrogens with zero attached hydrogens (tertiary/aromatic N) is 2. The average Bonchev–Trinajstić information content (AvgIpc) is 2.85. The predicted molar refractivity (Wildman–Crippen MR) is 78.7 cm³/mol. The van der Waals surface area contributed by atoms with E-state index in [0.29, 0.717) is 13.0 Å². The number of aromatic nitrogens is 1. The molecule has 0 bridgehead atoms. The van der Waals surface area contributed by atoms with Crippen molar-refractivity contribution >= 4 is 22.7 Å². The molecule has 0 unspecified atom stereocenters. The van der Waals surface area contributed by atoms with E-state index in [1.165, 1.54) is 13.2 Å². The number of ether oxygens (including phenoxy) is 1. The van der Waals surface area contributed by atoms with Crippen LogP contribution in [0, 0.1) is 22.9 Å². The molecule has 0 aliphatic carbocycles. The van der Waals surface area contributed by atoms with Crippen molar-refractivity contribution in [1.82, 2.24) is 4.98 Å². The molecule has 8 heteroatoms. The summed E-state index contributed by atoms with van der Waals surface area (Å²) in [5, 5.41) is 16.6. The summed E-state index contributed by atoms with van der Waals surface area (Å²) in [6.45, 7) is 2.39. The molecule has 2 rings (SSSR count). The smallest absolute Gasteiger partial charge is 0.313 e. The van der Waals surface area contributed by atoms with Crippen LogP contribution in [0.4, 0.5) is 15.8 Å². The maximum atomic E-state index is 13.8. The third kappa shape index (κ3) is 3.66. The molecule has 0 saturated carbocycles. The van der Waals surface area contributed by atoms with Crippen LogP contribution < -0.4 is 10.1 Å². The highest BCUT2D eigenvalue weighted by Gasteiger charge is 2.19. The van der Waals surface area contributed by atoms with Gasteiger partial charge in [-0.3, -0.25) is 10.1 Å². The average molecular weight is 311 g/mol. The Bertz CT molecular complexity index is 660. The zero-order valence-electron chi connectivity index (χ0n) is 11.6. The Morgan fingerprint density at radius 3 is 2.86 bits per heavy atom. The number of methoxy groups -OCH3 is 1. The van der Waals surface area contributed by atoms with E-state index in [9.17, 15) is 14.5 Å². The summed E-state index contributed by atoms with van der Waals surface area (Å²) in [6, 6.07) is 2.15. The number of benzene rings is 1. The van der Waals surface area contributed by atoms with Crippen LogP contribution in [-0.2, 0) is 6.42 Å². The zero-order chi connectivity index (χ0) is 15.4. The Kier molecular flexibility index (Phi) is 4.69. The minimum Gasteiger partial charge on any atom is -0.490 e. The monoisotopic (exact) mass is 311 g/mol. The van der Waals surface area contributed by atoms with Gasteiger partial charge in [0.15, 0.2) is 11.6 Å². The van der Waals surface area contributed by atoms with Crippen molar-refractivity contribution in [2.24, 2.45) is 0 Å². The van der Waals surface area contributed by atoms with E-state index in [1.807, 2.05) is 12.3 Å². The highest BCUT2D eigenvalue weighted by atomic mass is 32.1. The van der Waals surface area contributed by atoms with Crippen molar-refractivity contribution < 1.29 is 14.1 Å². The van der Waals surface area contributed by atoms with E-state index in [4.69, 9.17) is 4.74 Å². The molecule has 0 radical (unpaired) electrons. The summed E-state index contributed by atoms with van der Waals surface area (Å²) in [5.74, 6) is -0.662. The van der Waals surface area contributed by atoms with E-state index in [1.54, 1.807) is 11.3 Å². The molecule has 2 aromatic rings. The number of nitro groups is 1. The molecule has 0 atom stereocenters. The molecule has 0 spiro atoms. The van der Waals surface area contributed by atoms with E-state index >= 15 is 0 Å². The van der Waals surface area contributed by atoms with Crippen LogP contribution in [0.5, 0.6) is 5.75 Å². The topological polar surface area (TPSA) is 77.3 Å². The maximum Gasteiger partial charge on any atom is 0.313 e. The Morgan fingerprint density at radius 2 is 2.29 bits per heavy atom. The minimum absolute atomic E-state index is 0.0217. The quantitative estimate of drug-likeness (QED) is 0.655. The summed E-state index contributed by atoms with van der Waals surface area (Å²) >= 11 is 1.56. The molecule has 0 aliphatic heterocycles. The van der Waals surface area contributed by atoms with Gasteiger partial charge in [-0.05, 0) is 6.92 Å². The summed E-state index contributed by atoms with van der Waals surface area (Å²) in [7, 11) is 1.31. The lowest BCUT2D eigenvalue weighted by atomic mass is 10.2. The number of anilines is 1. The van der Waals surface area contributed by atoms with Crippen molar-refractivity contribution in [3.8, 4) is 5.75 Å². The second-order valence-electron chi connectivity index (χ2n) is 4.30. The number of halogens is 1. The van der Waals surface area contributed by atoms with Gasteiger partial charge < -0.3 is 10.1 Å². The Morgan fingerprint density at radius 1 is 1.52 bits per heavy atom. The standard InChI is InChI=1S/C13H14FN3O3S/c1-8-16-9(7-21-8)3-4-15-11-6-13(20-2)12(17(18)19)5-10(11)14/h5-7,15H,3-4H2,1-2H3. The molecule has 112 valence electrons. The maximum absolute atomic E-state index is 13.8. The molecule has 0 fully saturated rings. The minimum atomic E-state index is -0.683. The van der Waals surface area contributed by atoms with Gasteiger partial charge in [0.05, 0.1) is 34.5 Å². The van der Waals surface area contributed by atoms with Gasteiger partial charge in [-0.15, -0.1) is 11.3 Å². The second-order valence-corrected chi connectivity index (χ2v) is 5.36. The summed E-state index contributed by atoms with van der Waals surface area (Å²) in [4.78, 5) is 14.4. The molecule has 1 N–H and O–H groups in total. The molecule has 0 aliphatic rings. The summed E-state index contributed by atoms with van der Waals surface area (Å²) < 4.78 is 18.7. The highest BCUT2D eigenvalue weighted by molar-refractivity contribution is 7.09. The lowest BCUT2D eigenvalue weighted by Gasteiger charge is -2.09. The van der Waals surface area contributed by atoms with Crippen molar-refractivity contribution in [1.29, 1.82) is 0 Å². The normalized spacial score (nSPS) is 10.4. The molecular formula is C13H14FN3O3S. The highest BCUT2D eigenvalue weighted by Crippen LogP contribution is 2.32. The Labute approximate surface area is 124 Å². The van der Waals surface area contributed by atoms with E-state index in [2.05, 4.69) is 10.3 Å². The Balaban J connectivity index is 2.07. The van der Waals surface area contributed by atoms with Crippen LogP contribution in [0.15, 0.2) is 17.5 Å². The fraction of sp³-hybridized carbons (Fsp3) is 0.308. The molecular weight excluding hydrogens is 297 g/mol. The Hall–Kier alpha value is -2.22. The fourth-order valence-corrected chi connectivity index (χ4v) is 2.48. The van der Waals surface area contributed by atoms with Crippen LogP contribution in [0.1, 0.15) is 10.7 Å². The van der Waals surface area contributed by atoms with Crippen LogP contribution in [0.2, 0.25) is 0 Å². The molecule has 1 aromatic carbocycles. The van der Waals surface area contributed by atoms with Crippen LogP contribution in [0.3, 0.4) is 0 Å². The molecule has 1 aromatic heterocycles. The molecule has 1 heterocycles.